The summed E-state index contributed by atoms with van der Waals surface area (Å²) in [4.78, 5) is 16.3. The van der Waals surface area contributed by atoms with Crippen LogP contribution in [0.1, 0.15) is 60.7 Å². The molecule has 2 aromatic carbocycles. The molecule has 6 nitrogen and oxygen atoms in total. The number of H-pyrrole nitrogens is 2. The SMILES string of the molecule is Fc1cc(-c2ccc3c(c2)CCCc2[nH]c([C@@H]4CCCN4)nc2-3)ccc1-c1cnc([C@@H]2C#CCCN2)[nH]1. The first kappa shape index (κ1) is 22.5. The van der Waals surface area contributed by atoms with Gasteiger partial charge in [-0.2, -0.15) is 0 Å². The Hall–Kier alpha value is -3.73. The van der Waals surface area contributed by atoms with E-state index in [-0.39, 0.29) is 11.9 Å². The molecule has 4 aromatic rings. The van der Waals surface area contributed by atoms with Crippen LogP contribution in [0.5, 0.6) is 0 Å². The molecule has 1 aliphatic carbocycles. The van der Waals surface area contributed by atoms with Crippen LogP contribution >= 0.6 is 0 Å². The van der Waals surface area contributed by atoms with E-state index in [1.54, 1.807) is 12.3 Å². The highest BCUT2D eigenvalue weighted by Crippen LogP contribution is 2.36. The van der Waals surface area contributed by atoms with E-state index in [9.17, 15) is 0 Å². The van der Waals surface area contributed by atoms with Crippen molar-refractivity contribution in [1.82, 2.24) is 30.6 Å². The van der Waals surface area contributed by atoms with Gasteiger partial charge in [-0.1, -0.05) is 36.1 Å². The van der Waals surface area contributed by atoms with E-state index < -0.39 is 0 Å². The molecule has 4 N–H and O–H groups in total. The molecule has 186 valence electrons. The van der Waals surface area contributed by atoms with Crippen LogP contribution in [0.4, 0.5) is 4.39 Å². The third kappa shape index (κ3) is 4.16. The predicted molar refractivity (Wildman–Crippen MR) is 142 cm³/mol. The zero-order valence-electron chi connectivity index (χ0n) is 20.6. The van der Waals surface area contributed by atoms with Crippen molar-refractivity contribution in [3.05, 3.63) is 71.3 Å². The van der Waals surface area contributed by atoms with Crippen LogP contribution < -0.4 is 10.6 Å². The topological polar surface area (TPSA) is 81.4 Å². The largest absolute Gasteiger partial charge is 0.344 e. The Bertz CT molecular complexity index is 1530. The second-order valence-corrected chi connectivity index (χ2v) is 10.2. The van der Waals surface area contributed by atoms with Gasteiger partial charge in [-0.05, 0) is 67.5 Å². The Kier molecular flexibility index (Phi) is 5.64. The minimum Gasteiger partial charge on any atom is -0.344 e. The summed E-state index contributed by atoms with van der Waals surface area (Å²) in [5.74, 6) is 7.76. The number of hydrogen-bond acceptors (Lipinski definition) is 4. The minimum atomic E-state index is -0.270. The fraction of sp³-hybridized carbons (Fsp3) is 0.333. The number of rotatable bonds is 4. The molecule has 0 unspecified atom stereocenters. The molecule has 2 aromatic heterocycles. The Morgan fingerprint density at radius 2 is 1.78 bits per heavy atom. The van der Waals surface area contributed by atoms with Gasteiger partial charge in [0.25, 0.3) is 0 Å². The molecule has 0 radical (unpaired) electrons. The summed E-state index contributed by atoms with van der Waals surface area (Å²) < 4.78 is 15.3. The summed E-state index contributed by atoms with van der Waals surface area (Å²) in [6, 6.07) is 12.1. The van der Waals surface area contributed by atoms with Gasteiger partial charge < -0.3 is 15.3 Å². The van der Waals surface area contributed by atoms with Crippen LogP contribution in [0, 0.1) is 17.7 Å². The summed E-state index contributed by atoms with van der Waals surface area (Å²) >= 11 is 0. The molecule has 7 heteroatoms. The zero-order valence-corrected chi connectivity index (χ0v) is 20.6. The summed E-state index contributed by atoms with van der Waals surface area (Å²) in [5.41, 5.74) is 7.84. The molecular weight excluding hydrogens is 463 g/mol. The van der Waals surface area contributed by atoms with Crippen molar-refractivity contribution in [2.24, 2.45) is 0 Å². The Morgan fingerprint density at radius 1 is 0.892 bits per heavy atom. The first-order valence-corrected chi connectivity index (χ1v) is 13.3. The molecule has 2 aliphatic heterocycles. The molecule has 0 saturated carbocycles. The molecular formula is C30H29FN6. The number of hydrogen-bond donors (Lipinski definition) is 4. The second-order valence-electron chi connectivity index (χ2n) is 10.2. The van der Waals surface area contributed by atoms with E-state index in [1.807, 2.05) is 12.1 Å². The average molecular weight is 493 g/mol. The maximum absolute atomic E-state index is 15.3. The quantitative estimate of drug-likeness (QED) is 0.294. The lowest BCUT2D eigenvalue weighted by atomic mass is 9.95. The first-order chi connectivity index (χ1) is 18.2. The normalized spacial score (nSPS) is 20.6. The number of aromatic amines is 2. The molecule has 1 saturated heterocycles. The highest BCUT2D eigenvalue weighted by Gasteiger charge is 2.25. The monoisotopic (exact) mass is 492 g/mol. The van der Waals surface area contributed by atoms with E-state index in [0.717, 1.165) is 73.7 Å². The number of imidazole rings is 2. The van der Waals surface area contributed by atoms with Crippen LogP contribution in [0.15, 0.2) is 42.6 Å². The first-order valence-electron chi connectivity index (χ1n) is 13.3. The molecule has 7 rings (SSSR count). The van der Waals surface area contributed by atoms with Gasteiger partial charge in [-0.25, -0.2) is 14.4 Å². The van der Waals surface area contributed by atoms with Crippen molar-refractivity contribution < 1.29 is 4.39 Å². The van der Waals surface area contributed by atoms with Crippen LogP contribution in [0.25, 0.3) is 33.6 Å². The van der Waals surface area contributed by atoms with Gasteiger partial charge in [0.05, 0.1) is 23.6 Å². The number of nitrogens with one attached hydrogen (secondary N) is 4. The molecule has 2 atom stereocenters. The third-order valence-electron chi connectivity index (χ3n) is 7.73. The van der Waals surface area contributed by atoms with E-state index in [0.29, 0.717) is 17.3 Å². The predicted octanol–water partition coefficient (Wildman–Crippen LogP) is 5.22. The zero-order chi connectivity index (χ0) is 24.8. The van der Waals surface area contributed by atoms with Gasteiger partial charge in [0.15, 0.2) is 0 Å². The number of aryl methyl sites for hydroxylation is 2. The lowest BCUT2D eigenvalue weighted by Gasteiger charge is -2.12. The van der Waals surface area contributed by atoms with Gasteiger partial charge >= 0.3 is 0 Å². The van der Waals surface area contributed by atoms with Crippen LogP contribution in [-0.4, -0.2) is 33.0 Å². The molecule has 1 fully saturated rings. The van der Waals surface area contributed by atoms with Crippen molar-refractivity contribution in [3.8, 4) is 45.5 Å². The Morgan fingerprint density at radius 3 is 2.59 bits per heavy atom. The molecule has 0 spiro atoms. The van der Waals surface area contributed by atoms with Gasteiger partial charge in [0.1, 0.15) is 23.5 Å². The van der Waals surface area contributed by atoms with Crippen molar-refractivity contribution >= 4 is 0 Å². The number of nitrogens with zero attached hydrogens (tertiary/aromatic N) is 2. The van der Waals surface area contributed by atoms with Crippen LogP contribution in [-0.2, 0) is 12.8 Å². The second kappa shape index (κ2) is 9.29. The van der Waals surface area contributed by atoms with Crippen molar-refractivity contribution in [1.29, 1.82) is 0 Å². The molecule has 37 heavy (non-hydrogen) atoms. The smallest absolute Gasteiger partial charge is 0.136 e. The molecule has 0 amide bonds. The summed E-state index contributed by atoms with van der Waals surface area (Å²) in [6.07, 6.45) is 7.90. The van der Waals surface area contributed by atoms with Crippen molar-refractivity contribution in [2.45, 2.75) is 50.6 Å². The van der Waals surface area contributed by atoms with Gasteiger partial charge in [-0.15, -0.1) is 0 Å². The lowest BCUT2D eigenvalue weighted by molar-refractivity contribution is 0.605. The highest BCUT2D eigenvalue weighted by molar-refractivity contribution is 5.75. The third-order valence-corrected chi connectivity index (χ3v) is 7.73. The average Bonchev–Trinajstić information content (AvgIpc) is 3.69. The van der Waals surface area contributed by atoms with Crippen molar-refractivity contribution in [2.75, 3.05) is 13.1 Å². The fourth-order valence-corrected chi connectivity index (χ4v) is 5.79. The molecule has 4 heterocycles. The Balaban J connectivity index is 1.17. The maximum atomic E-state index is 15.3. The van der Waals surface area contributed by atoms with E-state index >= 15 is 4.39 Å². The summed E-state index contributed by atoms with van der Waals surface area (Å²) in [6.45, 7) is 1.89. The van der Waals surface area contributed by atoms with E-state index in [1.165, 1.54) is 23.2 Å². The minimum absolute atomic E-state index is 0.134. The van der Waals surface area contributed by atoms with Gasteiger partial charge in [-0.3, -0.25) is 5.32 Å². The van der Waals surface area contributed by atoms with Crippen LogP contribution in [0.3, 0.4) is 0 Å². The fourth-order valence-electron chi connectivity index (χ4n) is 5.79. The standard InChI is InChI=1S/C30H29FN6/c31-23-16-19(10-12-22(23)27-17-34-29(36-27)25-6-1-2-13-32-25)18-9-11-21-20(15-18)5-3-7-24-28(21)37-30(35-24)26-8-4-14-33-26/h9-12,15-17,25-26,32-33H,2-5,7-8,13-14H2,(H,34,36)(H,35,37)/t25-,26-/m0/s1. The lowest BCUT2D eigenvalue weighted by Crippen LogP contribution is -2.24. The van der Waals surface area contributed by atoms with E-state index in [2.05, 4.69) is 55.6 Å². The highest BCUT2D eigenvalue weighted by atomic mass is 19.1. The maximum Gasteiger partial charge on any atom is 0.136 e. The Labute approximate surface area is 215 Å². The number of benzene rings is 2. The van der Waals surface area contributed by atoms with Crippen LogP contribution in [0.2, 0.25) is 0 Å². The number of fused-ring (bicyclic) bond motifs is 3. The molecule has 3 aliphatic rings. The number of halogens is 1. The number of aromatic nitrogens is 4. The van der Waals surface area contributed by atoms with Gasteiger partial charge in [0.2, 0.25) is 0 Å². The summed E-state index contributed by atoms with van der Waals surface area (Å²) in [5, 5.41) is 6.87. The van der Waals surface area contributed by atoms with Gasteiger partial charge in [0, 0.05) is 29.8 Å². The summed E-state index contributed by atoms with van der Waals surface area (Å²) in [7, 11) is 0. The van der Waals surface area contributed by atoms with E-state index in [4.69, 9.17) is 4.98 Å². The molecule has 0 bridgehead atoms. The van der Waals surface area contributed by atoms with Crippen molar-refractivity contribution in [3.63, 3.8) is 0 Å².